The first-order valence-electron chi connectivity index (χ1n) is 6.33. The molecule has 1 heterocycles. The van der Waals surface area contributed by atoms with Crippen molar-refractivity contribution in [1.82, 2.24) is 9.71 Å². The van der Waals surface area contributed by atoms with Gasteiger partial charge in [-0.05, 0) is 44.2 Å². The molecule has 1 aromatic carbocycles. The lowest BCUT2D eigenvalue weighted by atomic mass is 10.1. The summed E-state index contributed by atoms with van der Waals surface area (Å²) in [5, 5.41) is 1.09. The molecule has 0 atom stereocenters. The maximum atomic E-state index is 12.4. The van der Waals surface area contributed by atoms with Crippen molar-refractivity contribution in [2.24, 2.45) is 0 Å². The van der Waals surface area contributed by atoms with Gasteiger partial charge >= 0.3 is 0 Å². The van der Waals surface area contributed by atoms with E-state index in [-0.39, 0.29) is 11.5 Å². The molecular weight excluding hydrogens is 312 g/mol. The van der Waals surface area contributed by atoms with E-state index in [1.165, 1.54) is 13.2 Å². The SMILES string of the molecule is COCC(C)(C)NS(=O)(=O)c1ccc2nc(Cl)ccc2c1. The van der Waals surface area contributed by atoms with Crippen LogP contribution in [0.3, 0.4) is 0 Å². The lowest BCUT2D eigenvalue weighted by Gasteiger charge is -2.24. The van der Waals surface area contributed by atoms with Crippen molar-refractivity contribution >= 4 is 32.5 Å². The van der Waals surface area contributed by atoms with Gasteiger partial charge in [-0.3, -0.25) is 0 Å². The number of rotatable bonds is 5. The van der Waals surface area contributed by atoms with E-state index in [0.29, 0.717) is 16.1 Å². The van der Waals surface area contributed by atoms with Gasteiger partial charge in [0.15, 0.2) is 0 Å². The Morgan fingerprint density at radius 3 is 2.67 bits per heavy atom. The molecule has 0 aliphatic heterocycles. The van der Waals surface area contributed by atoms with Crippen LogP contribution in [0.1, 0.15) is 13.8 Å². The van der Waals surface area contributed by atoms with Gasteiger partial charge in [0.25, 0.3) is 0 Å². The molecule has 0 bridgehead atoms. The van der Waals surface area contributed by atoms with Gasteiger partial charge in [0.05, 0.1) is 22.6 Å². The molecule has 2 rings (SSSR count). The zero-order valence-corrected chi connectivity index (χ0v) is 13.6. The van der Waals surface area contributed by atoms with Crippen LogP contribution in [0.2, 0.25) is 5.15 Å². The summed E-state index contributed by atoms with van der Waals surface area (Å²) in [6.45, 7) is 3.80. The summed E-state index contributed by atoms with van der Waals surface area (Å²) in [5.74, 6) is 0. The lowest BCUT2D eigenvalue weighted by molar-refractivity contribution is 0.141. The first-order valence-corrected chi connectivity index (χ1v) is 8.19. The van der Waals surface area contributed by atoms with Crippen molar-refractivity contribution in [1.29, 1.82) is 0 Å². The Morgan fingerprint density at radius 2 is 2.00 bits per heavy atom. The maximum Gasteiger partial charge on any atom is 0.241 e. The Kier molecular flexibility index (Phi) is 4.53. The molecule has 0 radical (unpaired) electrons. The normalized spacial score (nSPS) is 12.8. The van der Waals surface area contributed by atoms with E-state index in [9.17, 15) is 8.42 Å². The number of pyridine rings is 1. The van der Waals surface area contributed by atoms with Crippen LogP contribution in [0, 0.1) is 0 Å². The number of ether oxygens (including phenoxy) is 1. The third kappa shape index (κ3) is 3.91. The second-order valence-electron chi connectivity index (χ2n) is 5.41. The van der Waals surface area contributed by atoms with Gasteiger partial charge in [-0.1, -0.05) is 11.6 Å². The summed E-state index contributed by atoms with van der Waals surface area (Å²) in [4.78, 5) is 4.32. The molecule has 7 heteroatoms. The Hall–Kier alpha value is -1.21. The fourth-order valence-electron chi connectivity index (χ4n) is 2.06. The highest BCUT2D eigenvalue weighted by Crippen LogP contribution is 2.21. The van der Waals surface area contributed by atoms with Crippen LogP contribution in [0.15, 0.2) is 35.2 Å². The molecule has 114 valence electrons. The van der Waals surface area contributed by atoms with Crippen molar-refractivity contribution in [2.75, 3.05) is 13.7 Å². The molecule has 0 saturated carbocycles. The number of sulfonamides is 1. The quantitative estimate of drug-likeness (QED) is 0.857. The minimum atomic E-state index is -3.63. The molecule has 1 N–H and O–H groups in total. The van der Waals surface area contributed by atoms with Gasteiger partial charge in [-0.2, -0.15) is 0 Å². The number of fused-ring (bicyclic) bond motifs is 1. The number of halogens is 1. The average Bonchev–Trinajstić information content (AvgIpc) is 2.36. The topological polar surface area (TPSA) is 68.3 Å². The summed E-state index contributed by atoms with van der Waals surface area (Å²) in [6.07, 6.45) is 0. The summed E-state index contributed by atoms with van der Waals surface area (Å²) in [7, 11) is -2.10. The predicted octanol–water partition coefficient (Wildman–Crippen LogP) is 2.59. The van der Waals surface area contributed by atoms with E-state index in [0.717, 1.165) is 0 Å². The molecule has 0 unspecified atom stereocenters. The van der Waals surface area contributed by atoms with E-state index in [1.807, 2.05) is 0 Å². The Labute approximate surface area is 129 Å². The third-order valence-corrected chi connectivity index (χ3v) is 4.76. The number of benzene rings is 1. The summed E-state index contributed by atoms with van der Waals surface area (Å²) in [5.41, 5.74) is -0.0431. The van der Waals surface area contributed by atoms with Crippen LogP contribution in [0.25, 0.3) is 10.9 Å². The highest BCUT2D eigenvalue weighted by molar-refractivity contribution is 7.89. The summed E-state index contributed by atoms with van der Waals surface area (Å²) in [6, 6.07) is 8.09. The van der Waals surface area contributed by atoms with E-state index in [4.69, 9.17) is 16.3 Å². The third-order valence-electron chi connectivity index (χ3n) is 2.85. The van der Waals surface area contributed by atoms with Crippen LogP contribution in [-0.4, -0.2) is 32.7 Å². The number of nitrogens with one attached hydrogen (secondary N) is 1. The highest BCUT2D eigenvalue weighted by Gasteiger charge is 2.26. The molecular formula is C14H17ClN2O3S. The van der Waals surface area contributed by atoms with E-state index in [2.05, 4.69) is 9.71 Å². The molecule has 0 amide bonds. The Balaban J connectivity index is 2.38. The van der Waals surface area contributed by atoms with E-state index < -0.39 is 15.6 Å². The van der Waals surface area contributed by atoms with Crippen molar-refractivity contribution in [3.63, 3.8) is 0 Å². The number of nitrogens with zero attached hydrogens (tertiary/aromatic N) is 1. The Morgan fingerprint density at radius 1 is 1.29 bits per heavy atom. The number of hydrogen-bond donors (Lipinski definition) is 1. The second-order valence-corrected chi connectivity index (χ2v) is 7.48. The number of hydrogen-bond acceptors (Lipinski definition) is 4. The van der Waals surface area contributed by atoms with Gasteiger partial charge in [0.2, 0.25) is 10.0 Å². The maximum absolute atomic E-state index is 12.4. The highest BCUT2D eigenvalue weighted by atomic mass is 35.5. The molecule has 21 heavy (non-hydrogen) atoms. The van der Waals surface area contributed by atoms with E-state index >= 15 is 0 Å². The largest absolute Gasteiger partial charge is 0.383 e. The zero-order valence-electron chi connectivity index (χ0n) is 12.1. The van der Waals surface area contributed by atoms with E-state index in [1.54, 1.807) is 38.1 Å². The molecule has 0 spiro atoms. The first kappa shape index (κ1) is 16.2. The molecule has 0 saturated heterocycles. The number of aromatic nitrogens is 1. The van der Waals surface area contributed by atoms with Crippen LogP contribution >= 0.6 is 11.6 Å². The molecule has 0 aliphatic carbocycles. The van der Waals surface area contributed by atoms with Gasteiger partial charge in [-0.25, -0.2) is 18.1 Å². The first-order chi connectivity index (χ1) is 9.73. The standard InChI is InChI=1S/C14H17ClN2O3S/c1-14(2,9-20-3)17-21(18,19)11-5-6-12-10(8-11)4-7-13(15)16-12/h4-8,17H,9H2,1-3H3. The molecule has 0 aliphatic rings. The van der Waals surface area contributed by atoms with Crippen LogP contribution in [0.4, 0.5) is 0 Å². The lowest BCUT2D eigenvalue weighted by Crippen LogP contribution is -2.46. The smallest absolute Gasteiger partial charge is 0.241 e. The average molecular weight is 329 g/mol. The predicted molar refractivity (Wildman–Crippen MR) is 83.0 cm³/mol. The van der Waals surface area contributed by atoms with Crippen molar-refractivity contribution in [2.45, 2.75) is 24.3 Å². The number of methoxy groups -OCH3 is 1. The fraction of sp³-hybridized carbons (Fsp3) is 0.357. The molecule has 5 nitrogen and oxygen atoms in total. The van der Waals surface area contributed by atoms with Crippen molar-refractivity contribution in [3.05, 3.63) is 35.5 Å². The molecule has 0 fully saturated rings. The molecule has 1 aromatic heterocycles. The van der Waals surface area contributed by atoms with Crippen molar-refractivity contribution < 1.29 is 13.2 Å². The minimum absolute atomic E-state index is 0.184. The van der Waals surface area contributed by atoms with Crippen LogP contribution in [0.5, 0.6) is 0 Å². The van der Waals surface area contributed by atoms with Gasteiger partial charge in [0.1, 0.15) is 5.15 Å². The summed E-state index contributed by atoms with van der Waals surface area (Å²) < 4.78 is 32.5. The zero-order chi connectivity index (χ0) is 15.7. The Bertz CT molecular complexity index is 760. The van der Waals surface area contributed by atoms with Crippen molar-refractivity contribution in [3.8, 4) is 0 Å². The monoisotopic (exact) mass is 328 g/mol. The minimum Gasteiger partial charge on any atom is -0.383 e. The van der Waals surface area contributed by atoms with Gasteiger partial charge in [-0.15, -0.1) is 0 Å². The van der Waals surface area contributed by atoms with Gasteiger partial charge < -0.3 is 4.74 Å². The summed E-state index contributed by atoms with van der Waals surface area (Å²) >= 11 is 5.81. The van der Waals surface area contributed by atoms with Gasteiger partial charge in [0, 0.05) is 12.5 Å². The second kappa shape index (κ2) is 5.88. The fourth-order valence-corrected chi connectivity index (χ4v) is 3.65. The molecule has 2 aromatic rings. The van der Waals surface area contributed by atoms with Crippen LogP contribution in [-0.2, 0) is 14.8 Å². The van der Waals surface area contributed by atoms with Crippen LogP contribution < -0.4 is 4.72 Å².